The fraction of sp³-hybridized carbons (Fsp3) is 0.357. The number of rotatable bonds is 4. The molecule has 1 aromatic heterocycles. The summed E-state index contributed by atoms with van der Waals surface area (Å²) in [6.45, 7) is 1.98. The number of hydrogen-bond acceptors (Lipinski definition) is 2. The molecule has 1 N–H and O–H groups in total. The smallest absolute Gasteiger partial charge is 0.203 e. The minimum atomic E-state index is -0.170. The standard InChI is InChI=1S/C14H16FN3/c1-10(12-4-2-3-5-13(12)15)18-9-8-16-14(18)17-11-6-7-11/h2-5,8-11H,6-7H2,1H3,(H,16,17). The quantitative estimate of drug-likeness (QED) is 0.896. The molecule has 0 aliphatic heterocycles. The molecule has 0 bridgehead atoms. The minimum absolute atomic E-state index is 0.0602. The number of hydrogen-bond donors (Lipinski definition) is 1. The maximum atomic E-state index is 13.8. The van der Waals surface area contributed by atoms with Crippen LogP contribution in [0.15, 0.2) is 36.7 Å². The molecule has 3 nitrogen and oxygen atoms in total. The number of nitrogens with one attached hydrogen (secondary N) is 1. The summed E-state index contributed by atoms with van der Waals surface area (Å²) in [6, 6.07) is 7.37. The third-order valence-electron chi connectivity index (χ3n) is 3.35. The SMILES string of the molecule is CC(c1ccccc1F)n1ccnc1NC1CC1. The van der Waals surface area contributed by atoms with Crippen molar-refractivity contribution in [3.63, 3.8) is 0 Å². The van der Waals surface area contributed by atoms with E-state index in [1.54, 1.807) is 12.3 Å². The molecule has 0 amide bonds. The van der Waals surface area contributed by atoms with Crippen molar-refractivity contribution in [3.8, 4) is 0 Å². The highest BCUT2D eigenvalue weighted by Crippen LogP contribution is 2.28. The number of aromatic nitrogens is 2. The van der Waals surface area contributed by atoms with Crippen molar-refractivity contribution in [2.24, 2.45) is 0 Å². The van der Waals surface area contributed by atoms with Crippen LogP contribution in [0.5, 0.6) is 0 Å². The van der Waals surface area contributed by atoms with Crippen LogP contribution in [0, 0.1) is 5.82 Å². The molecule has 18 heavy (non-hydrogen) atoms. The summed E-state index contributed by atoms with van der Waals surface area (Å²) in [4.78, 5) is 4.30. The first kappa shape index (κ1) is 11.3. The molecule has 0 radical (unpaired) electrons. The lowest BCUT2D eigenvalue weighted by Crippen LogP contribution is -2.13. The third-order valence-corrected chi connectivity index (χ3v) is 3.35. The van der Waals surface area contributed by atoms with Gasteiger partial charge in [0.1, 0.15) is 5.82 Å². The van der Waals surface area contributed by atoms with E-state index in [1.807, 2.05) is 29.8 Å². The Kier molecular flexibility index (Phi) is 2.78. The Morgan fingerprint density at radius 2 is 2.17 bits per heavy atom. The first-order chi connectivity index (χ1) is 8.75. The second kappa shape index (κ2) is 4.44. The van der Waals surface area contributed by atoms with Crippen LogP contribution in [0.25, 0.3) is 0 Å². The minimum Gasteiger partial charge on any atom is -0.353 e. The molecule has 3 rings (SSSR count). The van der Waals surface area contributed by atoms with Crippen molar-refractivity contribution in [2.75, 3.05) is 5.32 Å². The van der Waals surface area contributed by atoms with Gasteiger partial charge in [0.25, 0.3) is 0 Å². The lowest BCUT2D eigenvalue weighted by atomic mass is 10.1. The van der Waals surface area contributed by atoms with Crippen LogP contribution >= 0.6 is 0 Å². The molecule has 1 fully saturated rings. The van der Waals surface area contributed by atoms with Crippen LogP contribution in [0.1, 0.15) is 31.4 Å². The van der Waals surface area contributed by atoms with Gasteiger partial charge in [-0.15, -0.1) is 0 Å². The number of benzene rings is 1. The molecule has 0 spiro atoms. The van der Waals surface area contributed by atoms with Crippen LogP contribution in [-0.4, -0.2) is 15.6 Å². The van der Waals surface area contributed by atoms with Gasteiger partial charge in [-0.05, 0) is 25.8 Å². The van der Waals surface area contributed by atoms with Crippen molar-refractivity contribution >= 4 is 5.95 Å². The topological polar surface area (TPSA) is 29.9 Å². The van der Waals surface area contributed by atoms with Gasteiger partial charge in [-0.2, -0.15) is 0 Å². The zero-order valence-electron chi connectivity index (χ0n) is 10.3. The maximum Gasteiger partial charge on any atom is 0.203 e. The van der Waals surface area contributed by atoms with E-state index in [9.17, 15) is 4.39 Å². The molecular formula is C14H16FN3. The van der Waals surface area contributed by atoms with Gasteiger partial charge in [-0.25, -0.2) is 9.37 Å². The predicted octanol–water partition coefficient (Wildman–Crippen LogP) is 3.21. The van der Waals surface area contributed by atoms with Crippen LogP contribution in [0.4, 0.5) is 10.3 Å². The molecule has 1 unspecified atom stereocenters. The molecule has 4 heteroatoms. The summed E-state index contributed by atoms with van der Waals surface area (Å²) in [5.74, 6) is 0.657. The molecule has 1 aliphatic rings. The molecule has 1 aromatic carbocycles. The van der Waals surface area contributed by atoms with E-state index in [4.69, 9.17) is 0 Å². The van der Waals surface area contributed by atoms with Crippen LogP contribution < -0.4 is 5.32 Å². The summed E-state index contributed by atoms with van der Waals surface area (Å²) in [5.41, 5.74) is 0.689. The molecule has 2 aromatic rings. The second-order valence-electron chi connectivity index (χ2n) is 4.77. The molecule has 1 aliphatic carbocycles. The number of nitrogens with zero attached hydrogens (tertiary/aromatic N) is 2. The lowest BCUT2D eigenvalue weighted by Gasteiger charge is -2.17. The van der Waals surface area contributed by atoms with Crippen molar-refractivity contribution in [3.05, 3.63) is 48.0 Å². The zero-order valence-corrected chi connectivity index (χ0v) is 10.3. The van der Waals surface area contributed by atoms with E-state index >= 15 is 0 Å². The predicted molar refractivity (Wildman–Crippen MR) is 69.1 cm³/mol. The van der Waals surface area contributed by atoms with Gasteiger partial charge in [-0.1, -0.05) is 18.2 Å². The Morgan fingerprint density at radius 1 is 1.39 bits per heavy atom. The zero-order chi connectivity index (χ0) is 12.5. The van der Waals surface area contributed by atoms with E-state index in [0.717, 1.165) is 5.95 Å². The monoisotopic (exact) mass is 245 g/mol. The molecule has 1 saturated carbocycles. The van der Waals surface area contributed by atoms with E-state index in [-0.39, 0.29) is 11.9 Å². The summed E-state index contributed by atoms with van der Waals surface area (Å²) in [5, 5.41) is 3.36. The fourth-order valence-electron chi connectivity index (χ4n) is 2.11. The average molecular weight is 245 g/mol. The Morgan fingerprint density at radius 3 is 2.89 bits per heavy atom. The summed E-state index contributed by atoms with van der Waals surface area (Å²) < 4.78 is 15.8. The van der Waals surface area contributed by atoms with Gasteiger partial charge >= 0.3 is 0 Å². The number of imidazole rings is 1. The lowest BCUT2D eigenvalue weighted by molar-refractivity contribution is 0.559. The van der Waals surface area contributed by atoms with Crippen molar-refractivity contribution < 1.29 is 4.39 Å². The number of anilines is 1. The first-order valence-electron chi connectivity index (χ1n) is 6.29. The van der Waals surface area contributed by atoms with Gasteiger partial charge in [0.15, 0.2) is 0 Å². The van der Waals surface area contributed by atoms with E-state index in [1.165, 1.54) is 18.9 Å². The summed E-state index contributed by atoms with van der Waals surface area (Å²) >= 11 is 0. The van der Waals surface area contributed by atoms with Crippen molar-refractivity contribution in [1.29, 1.82) is 0 Å². The highest BCUT2D eigenvalue weighted by Gasteiger charge is 2.24. The Balaban J connectivity index is 1.89. The second-order valence-corrected chi connectivity index (χ2v) is 4.77. The Bertz CT molecular complexity index is 545. The summed E-state index contributed by atoms with van der Waals surface area (Å²) in [6.07, 6.45) is 6.03. The Labute approximate surface area is 106 Å². The van der Waals surface area contributed by atoms with Crippen molar-refractivity contribution in [2.45, 2.75) is 31.8 Å². The molecule has 94 valence electrons. The molecule has 0 saturated heterocycles. The first-order valence-corrected chi connectivity index (χ1v) is 6.29. The van der Waals surface area contributed by atoms with E-state index in [0.29, 0.717) is 11.6 Å². The van der Waals surface area contributed by atoms with Crippen LogP contribution in [0.3, 0.4) is 0 Å². The molecular weight excluding hydrogens is 229 g/mol. The Hall–Kier alpha value is -1.84. The average Bonchev–Trinajstić information content (AvgIpc) is 3.05. The maximum absolute atomic E-state index is 13.8. The van der Waals surface area contributed by atoms with Gasteiger partial charge in [0, 0.05) is 24.0 Å². The highest BCUT2D eigenvalue weighted by molar-refractivity contribution is 5.33. The largest absolute Gasteiger partial charge is 0.353 e. The van der Waals surface area contributed by atoms with Crippen LogP contribution in [-0.2, 0) is 0 Å². The fourth-order valence-corrected chi connectivity index (χ4v) is 2.11. The highest BCUT2D eigenvalue weighted by atomic mass is 19.1. The molecule has 1 heterocycles. The van der Waals surface area contributed by atoms with Crippen LogP contribution in [0.2, 0.25) is 0 Å². The van der Waals surface area contributed by atoms with Gasteiger partial charge in [0.05, 0.1) is 6.04 Å². The van der Waals surface area contributed by atoms with E-state index in [2.05, 4.69) is 10.3 Å². The third kappa shape index (κ3) is 2.10. The van der Waals surface area contributed by atoms with Crippen molar-refractivity contribution in [1.82, 2.24) is 9.55 Å². The van der Waals surface area contributed by atoms with Gasteiger partial charge in [0.2, 0.25) is 5.95 Å². The number of halogens is 1. The van der Waals surface area contributed by atoms with Gasteiger partial charge < -0.3 is 9.88 Å². The van der Waals surface area contributed by atoms with Gasteiger partial charge in [-0.3, -0.25) is 0 Å². The molecule has 1 atom stereocenters. The van der Waals surface area contributed by atoms with E-state index < -0.39 is 0 Å². The summed E-state index contributed by atoms with van der Waals surface area (Å²) in [7, 11) is 0. The normalized spacial score (nSPS) is 16.6.